The van der Waals surface area contributed by atoms with E-state index in [0.717, 1.165) is 45.0 Å². The Morgan fingerprint density at radius 2 is 0.395 bits per heavy atom. The fourth-order valence-corrected chi connectivity index (χ4v) is 50.3. The number of benzene rings is 7. The van der Waals surface area contributed by atoms with Gasteiger partial charge in [-0.2, -0.15) is 0 Å². The molecule has 0 amide bonds. The highest BCUT2D eigenvalue weighted by Gasteiger charge is 2.59. The largest absolute Gasteiger partial charge is 0.508 e. The molecule has 0 bridgehead atoms. The minimum atomic E-state index is -3.86. The monoisotopic (exact) mass is 1290 g/mol. The topological polar surface area (TPSA) is 206 Å². The molecule has 0 saturated heterocycles. The maximum Gasteiger partial charge on any atom is 0.333 e. The van der Waals surface area contributed by atoms with E-state index in [0.29, 0.717) is 78.6 Å². The second kappa shape index (κ2) is 30.1. The van der Waals surface area contributed by atoms with E-state index >= 15 is 0 Å². The van der Waals surface area contributed by atoms with Crippen molar-refractivity contribution < 1.29 is 64.9 Å². The summed E-state index contributed by atoms with van der Waals surface area (Å²) in [4.78, 5) is 0. The first-order valence-electron chi connectivity index (χ1n) is 30.3. The van der Waals surface area contributed by atoms with Gasteiger partial charge in [0, 0.05) is 43.4 Å². The molecule has 7 aromatic rings. The number of phenols is 7. The zero-order chi connectivity index (χ0) is 62.2. The highest BCUT2D eigenvalue weighted by atomic mass is 28.5. The van der Waals surface area contributed by atoms with Gasteiger partial charge in [-0.15, -0.1) is 0 Å². The van der Waals surface area contributed by atoms with Gasteiger partial charge in [0.2, 0.25) is 0 Å². The van der Waals surface area contributed by atoms with Crippen LogP contribution in [0.15, 0.2) is 170 Å². The van der Waals surface area contributed by atoms with Gasteiger partial charge in [0.15, 0.2) is 8.32 Å². The van der Waals surface area contributed by atoms with E-state index in [1.807, 2.05) is 84.9 Å². The molecule has 7 rings (SSSR count). The van der Waals surface area contributed by atoms with Gasteiger partial charge in [0.25, 0.3) is 0 Å². The molecular formula is C65H90O14Si7. The second-order valence-corrected chi connectivity index (χ2v) is 49.7. The van der Waals surface area contributed by atoms with Crippen LogP contribution in [0.25, 0.3) is 0 Å². The van der Waals surface area contributed by atoms with Gasteiger partial charge < -0.3 is 64.9 Å². The molecule has 86 heavy (non-hydrogen) atoms. The summed E-state index contributed by atoms with van der Waals surface area (Å²) in [5, 5.41) is 74.1. The summed E-state index contributed by atoms with van der Waals surface area (Å²) in [6.45, 7) is 17.2. The van der Waals surface area contributed by atoms with E-state index in [1.54, 1.807) is 92.0 Å². The van der Waals surface area contributed by atoms with Crippen LogP contribution in [-0.2, 0) is 71.4 Å². The normalized spacial score (nSPS) is 16.8. The van der Waals surface area contributed by atoms with Crippen LogP contribution in [0.1, 0.15) is 87.4 Å². The van der Waals surface area contributed by atoms with Crippen molar-refractivity contribution in [1.29, 1.82) is 0 Å². The third-order valence-corrected chi connectivity index (χ3v) is 50.5. The smallest absolute Gasteiger partial charge is 0.333 e. The maximum atomic E-state index is 10.8. The Balaban J connectivity index is 1.48. The first kappa shape index (κ1) is 67.9. The van der Waals surface area contributed by atoms with Crippen LogP contribution in [0.5, 0.6) is 40.2 Å². The molecule has 0 radical (unpaired) electrons. The van der Waals surface area contributed by atoms with Crippen LogP contribution in [0.3, 0.4) is 0 Å². The van der Waals surface area contributed by atoms with Crippen LogP contribution < -0.4 is 0 Å². The van der Waals surface area contributed by atoms with Crippen LogP contribution in [0, 0.1) is 0 Å². The quantitative estimate of drug-likeness (QED) is 0.0188. The van der Waals surface area contributed by atoms with Crippen LogP contribution >= 0.6 is 0 Å². The fraction of sp³-hybridized carbons (Fsp3) is 0.354. The van der Waals surface area contributed by atoms with E-state index in [-0.39, 0.29) is 40.2 Å². The molecule has 0 aliphatic rings. The zero-order valence-corrected chi connectivity index (χ0v) is 58.6. The van der Waals surface area contributed by atoms with Crippen molar-refractivity contribution in [3.63, 3.8) is 0 Å². The molecule has 7 atom stereocenters. The first-order chi connectivity index (χ1) is 41.0. The van der Waals surface area contributed by atoms with Gasteiger partial charge in [-0.3, -0.25) is 0 Å². The molecule has 7 N–H and O–H groups in total. The molecule has 7 unspecified atom stereocenters. The number of aromatic hydroxyl groups is 7. The fourth-order valence-electron chi connectivity index (χ4n) is 11.3. The van der Waals surface area contributed by atoms with Crippen molar-refractivity contribution in [3.8, 4) is 40.2 Å². The van der Waals surface area contributed by atoms with Crippen LogP contribution in [0.2, 0.25) is 48.9 Å². The Labute approximate surface area is 517 Å². The Kier molecular flexibility index (Phi) is 23.7. The lowest BCUT2D eigenvalue weighted by Crippen LogP contribution is -2.69. The predicted octanol–water partition coefficient (Wildman–Crippen LogP) is 14.5. The third-order valence-electron chi connectivity index (χ3n) is 16.6. The first-order valence-corrected chi connectivity index (χ1v) is 46.5. The summed E-state index contributed by atoms with van der Waals surface area (Å²) in [5.41, 5.74) is 6.60. The zero-order valence-electron chi connectivity index (χ0n) is 51.6. The number of hydrogen-bond donors (Lipinski definition) is 7. The van der Waals surface area contributed by atoms with Gasteiger partial charge in [0.1, 0.15) is 40.2 Å². The summed E-state index contributed by atoms with van der Waals surface area (Å²) < 4.78 is 56.0. The average molecular weight is 1290 g/mol. The van der Waals surface area contributed by atoms with Gasteiger partial charge in [0.05, 0.1) is 0 Å². The SMILES string of the molecule is CC[Si](C)(Cc1ccc(O)cc1)O[Si](CC)(Cc1ccc(O)cc1)O[Si](CC)(Cc1ccc(O)cc1)O[Si](CC)(Cc1ccc(O)cc1)O[Si](CC)(Cc1ccc(O)cc1)O[Si](CC)(Cc1ccc(O)cc1)O[Si](CC)(Cc1ccc(O)cc1)OC. The number of rotatable bonds is 34. The summed E-state index contributed by atoms with van der Waals surface area (Å²) >= 11 is 0. The predicted molar refractivity (Wildman–Crippen MR) is 356 cm³/mol. The van der Waals surface area contributed by atoms with Crippen molar-refractivity contribution in [1.82, 2.24) is 0 Å². The Morgan fingerprint density at radius 1 is 0.233 bits per heavy atom. The highest BCUT2D eigenvalue weighted by Crippen LogP contribution is 2.42. The minimum absolute atomic E-state index is 0.125. The lowest BCUT2D eigenvalue weighted by molar-refractivity contribution is 0.223. The molecule has 0 heterocycles. The van der Waals surface area contributed by atoms with E-state index in [9.17, 15) is 35.7 Å². The molecule has 0 aliphatic carbocycles. The molecule has 0 saturated carbocycles. The molecular weight excluding hydrogens is 1200 g/mol. The van der Waals surface area contributed by atoms with E-state index in [2.05, 4.69) is 55.0 Å². The highest BCUT2D eigenvalue weighted by molar-refractivity contribution is 6.93. The van der Waals surface area contributed by atoms with E-state index in [4.69, 9.17) is 29.1 Å². The number of phenolic OH excluding ortho intramolecular Hbond substituents is 7. The maximum absolute atomic E-state index is 10.8. The van der Waals surface area contributed by atoms with Crippen molar-refractivity contribution in [2.75, 3.05) is 7.11 Å². The Hall–Kier alpha value is -5.62. The molecule has 0 spiro atoms. The number of hydrogen-bond acceptors (Lipinski definition) is 14. The van der Waals surface area contributed by atoms with Crippen LogP contribution in [-0.4, -0.2) is 103 Å². The summed E-state index contributed by atoms with van der Waals surface area (Å²) in [6, 6.07) is 57.6. The van der Waals surface area contributed by atoms with Crippen molar-refractivity contribution >= 4 is 59.7 Å². The summed E-state index contributed by atoms with van der Waals surface area (Å²) in [6.07, 6.45) is 0. The summed E-state index contributed by atoms with van der Waals surface area (Å²) in [5.74, 6) is 1.03. The third kappa shape index (κ3) is 18.5. The average Bonchev–Trinajstić information content (AvgIpc) is 1.16. The molecule has 7 aromatic carbocycles. The lowest BCUT2D eigenvalue weighted by Gasteiger charge is -2.51. The van der Waals surface area contributed by atoms with Gasteiger partial charge in [-0.25, -0.2) is 0 Å². The van der Waals surface area contributed by atoms with Gasteiger partial charge in [-0.05, 0) is 179 Å². The molecule has 0 aromatic heterocycles. The lowest BCUT2D eigenvalue weighted by atomic mass is 10.2. The standard InChI is InChI=1S/C65H90O14Si7/c1-10-80(9,45-52-17-31-59(66)32-18-52)74-82(12-3,47-54-21-35-61(68)36-22-54)76-84(14-5,49-56-25-39-63(70)40-26-56)78-86(16-7,51-58-29-43-65(72)44-30-58)79-85(15-6,50-57-27-41-64(71)42-28-57)77-83(13-4,48-55-23-37-62(69)38-24-55)75-81(11-2,73-8)46-53-19-33-60(67)34-20-53/h17-44,66-72H,10-16,45-51H2,1-9H3. The van der Waals surface area contributed by atoms with E-state index in [1.165, 1.54) is 0 Å². The van der Waals surface area contributed by atoms with Crippen LogP contribution in [0.4, 0.5) is 0 Å². The molecule has 462 valence electrons. The van der Waals surface area contributed by atoms with E-state index < -0.39 is 59.7 Å². The minimum Gasteiger partial charge on any atom is -0.508 e. The van der Waals surface area contributed by atoms with Gasteiger partial charge >= 0.3 is 51.4 Å². The Bertz CT molecular complexity index is 3180. The molecule has 0 fully saturated rings. The molecule has 0 aliphatic heterocycles. The Morgan fingerprint density at radius 3 is 0.570 bits per heavy atom. The van der Waals surface area contributed by atoms with Crippen molar-refractivity contribution in [3.05, 3.63) is 209 Å². The molecule has 14 nitrogen and oxygen atoms in total. The van der Waals surface area contributed by atoms with Crippen molar-refractivity contribution in [2.45, 2.75) is 140 Å². The van der Waals surface area contributed by atoms with Gasteiger partial charge in [-0.1, -0.05) is 133 Å². The molecule has 21 heteroatoms. The summed E-state index contributed by atoms with van der Waals surface area (Å²) in [7, 11) is -22.9. The second-order valence-electron chi connectivity index (χ2n) is 23.1. The van der Waals surface area contributed by atoms with Crippen molar-refractivity contribution in [2.24, 2.45) is 0 Å².